The van der Waals surface area contributed by atoms with E-state index >= 15 is 0 Å². The fourth-order valence-electron chi connectivity index (χ4n) is 2.26. The molecular formula is C15H18N2O5S. The number of amides is 2. The van der Waals surface area contributed by atoms with E-state index in [4.69, 9.17) is 4.74 Å². The van der Waals surface area contributed by atoms with Crippen LogP contribution in [0.1, 0.15) is 23.7 Å². The van der Waals surface area contributed by atoms with Crippen LogP contribution in [0.15, 0.2) is 18.2 Å². The Morgan fingerprint density at radius 1 is 1.43 bits per heavy atom. The molecule has 1 saturated heterocycles. The summed E-state index contributed by atoms with van der Waals surface area (Å²) in [5.74, 6) is -0.288. The van der Waals surface area contributed by atoms with Crippen LogP contribution in [0, 0.1) is 0 Å². The second kappa shape index (κ2) is 7.36. The van der Waals surface area contributed by atoms with E-state index in [1.807, 2.05) is 0 Å². The van der Waals surface area contributed by atoms with Crippen molar-refractivity contribution in [3.63, 3.8) is 0 Å². The number of hydrogen-bond acceptors (Lipinski definition) is 5. The van der Waals surface area contributed by atoms with Crippen LogP contribution in [0.25, 0.3) is 0 Å². The Kier molecular flexibility index (Phi) is 5.49. The summed E-state index contributed by atoms with van der Waals surface area (Å²) in [7, 11) is 1.43. The van der Waals surface area contributed by atoms with Crippen molar-refractivity contribution in [1.29, 1.82) is 0 Å². The number of thioether (sulfide) groups is 1. The third-order valence-corrected chi connectivity index (χ3v) is 4.53. The van der Waals surface area contributed by atoms with Crippen molar-refractivity contribution in [1.82, 2.24) is 4.90 Å². The molecule has 0 aromatic heterocycles. The maximum Gasteiger partial charge on any atom is 0.337 e. The number of nitrogens with zero attached hydrogens (tertiary/aromatic N) is 1. The molecule has 2 amide bonds. The average molecular weight is 338 g/mol. The topological polar surface area (TPSA) is 95.9 Å². The molecule has 1 heterocycles. The lowest BCUT2D eigenvalue weighted by Crippen LogP contribution is -2.44. The molecule has 0 bridgehead atoms. The molecule has 0 aliphatic carbocycles. The van der Waals surface area contributed by atoms with Crippen molar-refractivity contribution in [3.05, 3.63) is 23.8 Å². The Morgan fingerprint density at radius 2 is 2.17 bits per heavy atom. The van der Waals surface area contributed by atoms with Gasteiger partial charge in [0.2, 0.25) is 11.8 Å². The standard InChI is InChI=1S/C15H18N2O5S/c1-3-13(18)17-8-23-7-12(17)14(19)16-11-5-4-9(22-2)6-10(11)15(20)21/h4-6,12H,3,7-8H2,1-2H3,(H,16,19)(H,20,21). The lowest BCUT2D eigenvalue weighted by atomic mass is 10.1. The van der Waals surface area contributed by atoms with Crippen LogP contribution in [0.3, 0.4) is 0 Å². The van der Waals surface area contributed by atoms with Gasteiger partial charge in [-0.25, -0.2) is 4.79 Å². The molecule has 23 heavy (non-hydrogen) atoms. The molecule has 0 saturated carbocycles. The molecule has 1 unspecified atom stereocenters. The van der Waals surface area contributed by atoms with Gasteiger partial charge < -0.3 is 20.1 Å². The summed E-state index contributed by atoms with van der Waals surface area (Å²) >= 11 is 1.50. The summed E-state index contributed by atoms with van der Waals surface area (Å²) in [5, 5.41) is 11.9. The quantitative estimate of drug-likeness (QED) is 0.847. The van der Waals surface area contributed by atoms with E-state index in [1.165, 1.54) is 35.9 Å². The maximum absolute atomic E-state index is 12.4. The van der Waals surface area contributed by atoms with Crippen LogP contribution < -0.4 is 10.1 Å². The maximum atomic E-state index is 12.4. The van der Waals surface area contributed by atoms with Crippen molar-refractivity contribution in [2.45, 2.75) is 19.4 Å². The van der Waals surface area contributed by atoms with Gasteiger partial charge in [0.1, 0.15) is 11.8 Å². The zero-order valence-electron chi connectivity index (χ0n) is 12.9. The molecule has 1 aliphatic heterocycles. The number of carbonyl (C=O) groups excluding carboxylic acids is 2. The average Bonchev–Trinajstić information content (AvgIpc) is 3.03. The lowest BCUT2D eigenvalue weighted by Gasteiger charge is -2.23. The molecule has 2 N–H and O–H groups in total. The first kappa shape index (κ1) is 17.1. The molecule has 2 rings (SSSR count). The van der Waals surface area contributed by atoms with Crippen LogP contribution in [-0.4, -0.2) is 52.6 Å². The largest absolute Gasteiger partial charge is 0.497 e. The Labute approximate surface area is 138 Å². The summed E-state index contributed by atoms with van der Waals surface area (Å²) in [4.78, 5) is 37.1. The van der Waals surface area contributed by atoms with Crippen molar-refractivity contribution in [2.75, 3.05) is 24.1 Å². The van der Waals surface area contributed by atoms with Gasteiger partial charge in [-0.1, -0.05) is 6.92 Å². The number of rotatable bonds is 5. The predicted molar refractivity (Wildman–Crippen MR) is 86.8 cm³/mol. The Morgan fingerprint density at radius 3 is 2.78 bits per heavy atom. The fourth-order valence-corrected chi connectivity index (χ4v) is 3.44. The van der Waals surface area contributed by atoms with Crippen molar-refractivity contribution >= 4 is 35.2 Å². The number of carbonyl (C=O) groups is 3. The molecule has 7 nitrogen and oxygen atoms in total. The SMILES string of the molecule is CCC(=O)N1CSCC1C(=O)Nc1ccc(OC)cc1C(=O)O. The summed E-state index contributed by atoms with van der Waals surface area (Å²) < 4.78 is 5.00. The van der Waals surface area contributed by atoms with Crippen LogP contribution in [-0.2, 0) is 9.59 Å². The van der Waals surface area contributed by atoms with Gasteiger partial charge in [-0.05, 0) is 18.2 Å². The normalized spacial score (nSPS) is 17.0. The molecule has 1 fully saturated rings. The Hall–Kier alpha value is -2.22. The summed E-state index contributed by atoms with van der Waals surface area (Å²) in [5.41, 5.74) is 0.126. The van der Waals surface area contributed by atoms with Crippen LogP contribution >= 0.6 is 11.8 Å². The molecular weight excluding hydrogens is 320 g/mol. The highest BCUT2D eigenvalue weighted by Gasteiger charge is 2.34. The number of carboxylic acids is 1. The van der Waals surface area contributed by atoms with Crippen LogP contribution in [0.2, 0.25) is 0 Å². The van der Waals surface area contributed by atoms with E-state index in [9.17, 15) is 19.5 Å². The number of hydrogen-bond donors (Lipinski definition) is 2. The van der Waals surface area contributed by atoms with Gasteiger partial charge in [-0.3, -0.25) is 9.59 Å². The van der Waals surface area contributed by atoms with Gasteiger partial charge in [-0.15, -0.1) is 11.8 Å². The fraction of sp³-hybridized carbons (Fsp3) is 0.400. The summed E-state index contributed by atoms with van der Waals surface area (Å²) in [6.07, 6.45) is 0.327. The number of ether oxygens (including phenoxy) is 1. The zero-order valence-corrected chi connectivity index (χ0v) is 13.7. The van der Waals surface area contributed by atoms with Gasteiger partial charge >= 0.3 is 5.97 Å². The first-order valence-corrected chi connectivity index (χ1v) is 8.22. The highest BCUT2D eigenvalue weighted by Crippen LogP contribution is 2.26. The van der Waals surface area contributed by atoms with Crippen molar-refractivity contribution in [2.24, 2.45) is 0 Å². The molecule has 1 aromatic carbocycles. The number of methoxy groups -OCH3 is 1. The number of anilines is 1. The van der Waals surface area contributed by atoms with E-state index < -0.39 is 12.0 Å². The highest BCUT2D eigenvalue weighted by atomic mass is 32.2. The Balaban J connectivity index is 2.20. The second-order valence-electron chi connectivity index (χ2n) is 4.94. The van der Waals surface area contributed by atoms with E-state index in [2.05, 4.69) is 5.32 Å². The van der Waals surface area contributed by atoms with E-state index in [0.717, 1.165) is 0 Å². The molecule has 1 aliphatic rings. The number of benzene rings is 1. The molecule has 8 heteroatoms. The smallest absolute Gasteiger partial charge is 0.337 e. The van der Waals surface area contributed by atoms with Gasteiger partial charge in [0, 0.05) is 12.2 Å². The summed E-state index contributed by atoms with van der Waals surface area (Å²) in [6, 6.07) is 3.81. The van der Waals surface area contributed by atoms with Gasteiger partial charge in [-0.2, -0.15) is 0 Å². The first-order valence-electron chi connectivity index (χ1n) is 7.07. The van der Waals surface area contributed by atoms with E-state index in [0.29, 0.717) is 23.8 Å². The van der Waals surface area contributed by atoms with E-state index in [1.54, 1.807) is 13.0 Å². The third-order valence-electron chi connectivity index (χ3n) is 3.52. The van der Waals surface area contributed by atoms with Crippen LogP contribution in [0.4, 0.5) is 5.69 Å². The number of nitrogens with one attached hydrogen (secondary N) is 1. The predicted octanol–water partition coefficient (Wildman–Crippen LogP) is 1.64. The molecule has 1 atom stereocenters. The molecule has 0 spiro atoms. The number of aromatic carboxylic acids is 1. The minimum Gasteiger partial charge on any atom is -0.497 e. The van der Waals surface area contributed by atoms with Crippen molar-refractivity contribution in [3.8, 4) is 5.75 Å². The van der Waals surface area contributed by atoms with Crippen molar-refractivity contribution < 1.29 is 24.2 Å². The molecule has 0 radical (unpaired) electrons. The van der Waals surface area contributed by atoms with Gasteiger partial charge in [0.25, 0.3) is 0 Å². The zero-order chi connectivity index (χ0) is 17.0. The van der Waals surface area contributed by atoms with Gasteiger partial charge in [0.15, 0.2) is 0 Å². The minimum absolute atomic E-state index is 0.0586. The van der Waals surface area contributed by atoms with E-state index in [-0.39, 0.29) is 23.1 Å². The highest BCUT2D eigenvalue weighted by molar-refractivity contribution is 7.99. The monoisotopic (exact) mass is 338 g/mol. The first-order chi connectivity index (χ1) is 11.0. The minimum atomic E-state index is -1.17. The summed E-state index contributed by atoms with van der Waals surface area (Å²) in [6.45, 7) is 1.74. The molecule has 124 valence electrons. The third kappa shape index (κ3) is 3.76. The Bertz CT molecular complexity index is 634. The lowest BCUT2D eigenvalue weighted by molar-refractivity contribution is -0.135. The van der Waals surface area contributed by atoms with Crippen LogP contribution in [0.5, 0.6) is 5.75 Å². The second-order valence-corrected chi connectivity index (χ2v) is 5.94. The number of carboxylic acid groups (broad SMARTS) is 1. The van der Waals surface area contributed by atoms with Gasteiger partial charge in [0.05, 0.1) is 24.2 Å². The molecule has 1 aromatic rings.